The van der Waals surface area contributed by atoms with Crippen molar-refractivity contribution in [3.63, 3.8) is 0 Å². The van der Waals surface area contributed by atoms with Crippen molar-refractivity contribution >= 4 is 15.7 Å². The molecule has 1 aliphatic heterocycles. The molecular formula is C24H28N2O2S. The fourth-order valence-electron chi connectivity index (χ4n) is 3.37. The number of benzene rings is 1. The fourth-order valence-corrected chi connectivity index (χ4v) is 4.00. The summed E-state index contributed by atoms with van der Waals surface area (Å²) in [7, 11) is -3.19. The number of hydrogen-bond donors (Lipinski definition) is 0. The zero-order chi connectivity index (χ0) is 20.9. The third kappa shape index (κ3) is 5.45. The molecule has 0 amide bonds. The molecule has 2 aromatic rings. The van der Waals surface area contributed by atoms with Crippen molar-refractivity contribution < 1.29 is 8.42 Å². The number of nitrogens with zero attached hydrogens (tertiary/aromatic N) is 2. The van der Waals surface area contributed by atoms with Crippen LogP contribution < -0.4 is 4.90 Å². The fraction of sp³-hybridized carbons (Fsp3) is 0.292. The largest absolute Gasteiger partial charge is 0.352 e. The number of rotatable bonds is 7. The van der Waals surface area contributed by atoms with Crippen LogP contribution in [-0.4, -0.2) is 32.7 Å². The molecule has 3 rings (SSSR count). The summed E-state index contributed by atoms with van der Waals surface area (Å²) in [5, 5.41) is 0. The molecule has 152 valence electrons. The molecule has 29 heavy (non-hydrogen) atoms. The predicted molar refractivity (Wildman–Crippen MR) is 121 cm³/mol. The van der Waals surface area contributed by atoms with Crippen LogP contribution in [0.1, 0.15) is 25.8 Å². The number of sulfone groups is 1. The van der Waals surface area contributed by atoms with E-state index in [0.717, 1.165) is 43.0 Å². The molecule has 0 radical (unpaired) electrons. The quantitative estimate of drug-likeness (QED) is 0.479. The first-order valence-electron chi connectivity index (χ1n) is 9.87. The Morgan fingerprint density at radius 1 is 1.14 bits per heavy atom. The molecule has 2 heterocycles. The third-order valence-electron chi connectivity index (χ3n) is 4.95. The molecule has 1 aromatic carbocycles. The van der Waals surface area contributed by atoms with Crippen LogP contribution in [0.3, 0.4) is 0 Å². The molecule has 0 N–H and O–H groups in total. The van der Waals surface area contributed by atoms with Crippen LogP contribution in [0.25, 0.3) is 11.3 Å². The van der Waals surface area contributed by atoms with Gasteiger partial charge in [-0.25, -0.2) is 13.4 Å². The van der Waals surface area contributed by atoms with Crippen molar-refractivity contribution in [2.45, 2.75) is 31.6 Å². The number of fused-ring (bicyclic) bond motifs is 1. The van der Waals surface area contributed by atoms with Gasteiger partial charge in [0.15, 0.2) is 9.84 Å². The van der Waals surface area contributed by atoms with E-state index in [0.29, 0.717) is 4.90 Å². The number of hydrogen-bond acceptors (Lipinski definition) is 4. The lowest BCUT2D eigenvalue weighted by atomic mass is 10.1. The number of pyridine rings is 1. The minimum absolute atomic E-state index is 0.326. The molecule has 0 atom stereocenters. The Hall–Kier alpha value is -2.66. The molecule has 0 bridgehead atoms. The van der Waals surface area contributed by atoms with E-state index in [9.17, 15) is 8.42 Å². The van der Waals surface area contributed by atoms with Crippen LogP contribution in [0, 0.1) is 0 Å². The van der Waals surface area contributed by atoms with Crippen molar-refractivity contribution in [3.8, 4) is 11.3 Å². The van der Waals surface area contributed by atoms with Gasteiger partial charge in [0.1, 0.15) is 5.82 Å². The van der Waals surface area contributed by atoms with E-state index in [2.05, 4.69) is 48.3 Å². The first kappa shape index (κ1) is 21.1. The molecule has 1 aliphatic rings. The Labute approximate surface area is 174 Å². The molecule has 4 nitrogen and oxygen atoms in total. The van der Waals surface area contributed by atoms with Gasteiger partial charge in [-0.05, 0) is 50.5 Å². The summed E-state index contributed by atoms with van der Waals surface area (Å²) in [6, 6.07) is 11.1. The second kappa shape index (κ2) is 9.23. The zero-order valence-corrected chi connectivity index (χ0v) is 18.1. The van der Waals surface area contributed by atoms with Crippen molar-refractivity contribution in [2.75, 3.05) is 24.2 Å². The van der Waals surface area contributed by atoms with Crippen LogP contribution in [0.4, 0.5) is 5.82 Å². The minimum Gasteiger partial charge on any atom is -0.352 e. The SMILES string of the molecule is C/C=C\CC=C/C=C(\C)CN1CCc2ccc(-c3ccc(S(C)(=O)=O)cc3)nc21. The van der Waals surface area contributed by atoms with E-state index < -0.39 is 9.84 Å². The maximum atomic E-state index is 11.7. The standard InChI is InChI=1S/C24H28N2O2S/c1-4-5-6-7-8-9-19(2)18-26-17-16-21-12-15-23(25-24(21)26)20-10-13-22(14-11-20)29(3,27)28/h4-5,7-15H,6,16-18H2,1-3H3/b5-4-,8-7?,19-9+. The van der Waals surface area contributed by atoms with Gasteiger partial charge < -0.3 is 4.90 Å². The lowest BCUT2D eigenvalue weighted by molar-refractivity contribution is 0.602. The van der Waals surface area contributed by atoms with Crippen LogP contribution in [0.2, 0.25) is 0 Å². The Morgan fingerprint density at radius 3 is 2.59 bits per heavy atom. The molecule has 0 saturated carbocycles. The zero-order valence-electron chi connectivity index (χ0n) is 17.3. The van der Waals surface area contributed by atoms with Crippen molar-refractivity contribution in [1.29, 1.82) is 0 Å². The van der Waals surface area contributed by atoms with Crippen LogP contribution in [-0.2, 0) is 16.3 Å². The second-order valence-corrected chi connectivity index (χ2v) is 9.41. The van der Waals surface area contributed by atoms with Gasteiger partial charge in [-0.2, -0.15) is 0 Å². The second-order valence-electron chi connectivity index (χ2n) is 7.39. The number of allylic oxidation sites excluding steroid dienone is 5. The maximum absolute atomic E-state index is 11.7. The van der Waals surface area contributed by atoms with Crippen molar-refractivity contribution in [2.24, 2.45) is 0 Å². The molecule has 0 saturated heterocycles. The monoisotopic (exact) mass is 408 g/mol. The number of anilines is 1. The Balaban J connectivity index is 1.77. The third-order valence-corrected chi connectivity index (χ3v) is 6.08. The van der Waals surface area contributed by atoms with E-state index in [1.54, 1.807) is 12.1 Å². The molecular weight excluding hydrogens is 380 g/mol. The molecule has 5 heteroatoms. The van der Waals surface area contributed by atoms with Crippen LogP contribution in [0.15, 0.2) is 77.2 Å². The summed E-state index contributed by atoms with van der Waals surface area (Å²) in [4.78, 5) is 7.53. The van der Waals surface area contributed by atoms with E-state index in [1.807, 2.05) is 25.1 Å². The van der Waals surface area contributed by atoms with Gasteiger partial charge >= 0.3 is 0 Å². The Bertz CT molecular complexity index is 1050. The average Bonchev–Trinajstić information content (AvgIpc) is 3.09. The van der Waals surface area contributed by atoms with Gasteiger partial charge in [-0.3, -0.25) is 0 Å². The maximum Gasteiger partial charge on any atom is 0.175 e. The average molecular weight is 409 g/mol. The molecule has 0 spiro atoms. The summed E-state index contributed by atoms with van der Waals surface area (Å²) < 4.78 is 23.3. The molecule has 0 unspecified atom stereocenters. The Kier molecular flexibility index (Phi) is 6.70. The van der Waals surface area contributed by atoms with Gasteiger partial charge in [0.25, 0.3) is 0 Å². The first-order valence-corrected chi connectivity index (χ1v) is 11.8. The van der Waals surface area contributed by atoms with Crippen LogP contribution >= 0.6 is 0 Å². The highest BCUT2D eigenvalue weighted by Crippen LogP contribution is 2.30. The summed E-state index contributed by atoms with van der Waals surface area (Å²) in [5.74, 6) is 1.03. The van der Waals surface area contributed by atoms with Gasteiger partial charge in [0.2, 0.25) is 0 Å². The lowest BCUT2D eigenvalue weighted by Gasteiger charge is -2.19. The summed E-state index contributed by atoms with van der Waals surface area (Å²) in [6.45, 7) is 5.99. The van der Waals surface area contributed by atoms with Crippen LogP contribution in [0.5, 0.6) is 0 Å². The van der Waals surface area contributed by atoms with Crippen molar-refractivity contribution in [1.82, 2.24) is 4.98 Å². The molecule has 0 fully saturated rings. The predicted octanol–water partition coefficient (Wildman–Crippen LogP) is 4.98. The number of aromatic nitrogens is 1. The lowest BCUT2D eigenvalue weighted by Crippen LogP contribution is -2.23. The summed E-state index contributed by atoms with van der Waals surface area (Å²) in [5.41, 5.74) is 4.34. The molecule has 1 aromatic heterocycles. The van der Waals surface area contributed by atoms with Gasteiger partial charge in [0.05, 0.1) is 10.6 Å². The van der Waals surface area contributed by atoms with E-state index in [1.165, 1.54) is 17.4 Å². The Morgan fingerprint density at radius 2 is 1.90 bits per heavy atom. The summed E-state index contributed by atoms with van der Waals surface area (Å²) >= 11 is 0. The van der Waals surface area contributed by atoms with E-state index in [4.69, 9.17) is 4.98 Å². The molecule has 0 aliphatic carbocycles. The minimum atomic E-state index is -3.19. The summed E-state index contributed by atoms with van der Waals surface area (Å²) in [6.07, 6.45) is 13.8. The highest BCUT2D eigenvalue weighted by Gasteiger charge is 2.21. The highest BCUT2D eigenvalue weighted by atomic mass is 32.2. The highest BCUT2D eigenvalue weighted by molar-refractivity contribution is 7.90. The van der Waals surface area contributed by atoms with Gasteiger partial charge in [0, 0.05) is 24.9 Å². The van der Waals surface area contributed by atoms with Gasteiger partial charge in [-0.1, -0.05) is 54.2 Å². The normalized spacial score (nSPS) is 14.9. The van der Waals surface area contributed by atoms with Crippen molar-refractivity contribution in [3.05, 3.63) is 77.9 Å². The smallest absolute Gasteiger partial charge is 0.175 e. The topological polar surface area (TPSA) is 50.3 Å². The van der Waals surface area contributed by atoms with E-state index in [-0.39, 0.29) is 0 Å². The first-order chi connectivity index (χ1) is 13.9. The van der Waals surface area contributed by atoms with Gasteiger partial charge in [-0.15, -0.1) is 0 Å². The van der Waals surface area contributed by atoms with E-state index >= 15 is 0 Å².